The summed E-state index contributed by atoms with van der Waals surface area (Å²) in [5, 5.41) is 12.3. The van der Waals surface area contributed by atoms with Gasteiger partial charge in [0.15, 0.2) is 0 Å². The van der Waals surface area contributed by atoms with E-state index in [0.717, 1.165) is 11.4 Å². The number of ether oxygens (including phenoxy) is 1. The number of carboxylic acids is 1. The Morgan fingerprint density at radius 2 is 2.10 bits per heavy atom. The molecule has 1 aromatic carbocycles. The minimum absolute atomic E-state index is 0.127. The molecule has 0 amide bonds. The molecule has 0 aliphatic carbocycles. The van der Waals surface area contributed by atoms with Gasteiger partial charge in [-0.1, -0.05) is 12.1 Å². The van der Waals surface area contributed by atoms with Crippen LogP contribution in [0.5, 0.6) is 5.75 Å². The number of aryl methyl sites for hydroxylation is 1. The van der Waals surface area contributed by atoms with E-state index < -0.39 is 5.97 Å². The van der Waals surface area contributed by atoms with Crippen LogP contribution < -0.4 is 10.1 Å². The van der Waals surface area contributed by atoms with Gasteiger partial charge in [0.05, 0.1) is 18.0 Å². The number of aromatic carboxylic acids is 1. The summed E-state index contributed by atoms with van der Waals surface area (Å²) in [5.41, 5.74) is 2.09. The van der Waals surface area contributed by atoms with Crippen molar-refractivity contribution in [3.8, 4) is 5.75 Å². The molecule has 1 aromatic heterocycles. The molecule has 0 fully saturated rings. The molecule has 0 saturated carbocycles. The lowest BCUT2D eigenvalue weighted by molar-refractivity contribution is 0.0697. The molecule has 0 radical (unpaired) electrons. The van der Waals surface area contributed by atoms with Crippen LogP contribution in [-0.4, -0.2) is 22.7 Å². The van der Waals surface area contributed by atoms with Crippen LogP contribution in [0, 0.1) is 6.92 Å². The molecule has 2 rings (SSSR count). The Bertz CT molecular complexity index is 626. The molecule has 0 bridgehead atoms. The molecule has 0 saturated heterocycles. The highest BCUT2D eigenvalue weighted by Gasteiger charge is 2.12. The van der Waals surface area contributed by atoms with E-state index in [1.165, 1.54) is 6.20 Å². The first kappa shape index (κ1) is 13.9. The third-order valence-electron chi connectivity index (χ3n) is 2.73. The lowest BCUT2D eigenvalue weighted by Crippen LogP contribution is -2.05. The molecule has 0 spiro atoms. The molecular formula is C15H16N2O3. The number of anilines is 2. The van der Waals surface area contributed by atoms with Crippen molar-refractivity contribution in [1.82, 2.24) is 4.98 Å². The normalized spacial score (nSPS) is 10.1. The maximum absolute atomic E-state index is 11.2. The topological polar surface area (TPSA) is 71.5 Å². The first-order valence-corrected chi connectivity index (χ1v) is 6.30. The van der Waals surface area contributed by atoms with Crippen LogP contribution in [-0.2, 0) is 0 Å². The second-order valence-corrected chi connectivity index (χ2v) is 4.23. The van der Waals surface area contributed by atoms with E-state index in [9.17, 15) is 9.90 Å². The third-order valence-corrected chi connectivity index (χ3v) is 2.73. The minimum atomic E-state index is -1.02. The monoisotopic (exact) mass is 272 g/mol. The van der Waals surface area contributed by atoms with Gasteiger partial charge in [0, 0.05) is 11.9 Å². The maximum atomic E-state index is 11.2. The summed E-state index contributed by atoms with van der Waals surface area (Å²) in [6, 6.07) is 9.10. The van der Waals surface area contributed by atoms with Crippen molar-refractivity contribution < 1.29 is 14.6 Å². The van der Waals surface area contributed by atoms with Gasteiger partial charge in [-0.15, -0.1) is 0 Å². The summed E-state index contributed by atoms with van der Waals surface area (Å²) in [4.78, 5) is 15.2. The Hall–Kier alpha value is -2.56. The summed E-state index contributed by atoms with van der Waals surface area (Å²) in [7, 11) is 0. The maximum Gasteiger partial charge on any atom is 0.339 e. The first-order chi connectivity index (χ1) is 9.61. The molecule has 2 N–H and O–H groups in total. The average Bonchev–Trinajstić information content (AvgIpc) is 2.41. The zero-order valence-electron chi connectivity index (χ0n) is 11.4. The van der Waals surface area contributed by atoms with E-state index in [2.05, 4.69) is 10.3 Å². The van der Waals surface area contributed by atoms with E-state index in [4.69, 9.17) is 4.74 Å². The van der Waals surface area contributed by atoms with Crippen molar-refractivity contribution in [2.24, 2.45) is 0 Å². The Morgan fingerprint density at radius 1 is 1.35 bits per heavy atom. The largest absolute Gasteiger partial charge is 0.492 e. The summed E-state index contributed by atoms with van der Waals surface area (Å²) < 4.78 is 5.51. The second-order valence-electron chi connectivity index (χ2n) is 4.23. The quantitative estimate of drug-likeness (QED) is 0.874. The SMILES string of the molecule is CCOc1ccccc1Nc1cc(C)ncc1C(=O)O. The van der Waals surface area contributed by atoms with Gasteiger partial charge >= 0.3 is 5.97 Å². The molecule has 0 aliphatic heterocycles. The van der Waals surface area contributed by atoms with Gasteiger partial charge in [-0.05, 0) is 32.0 Å². The van der Waals surface area contributed by atoms with Crippen molar-refractivity contribution in [2.45, 2.75) is 13.8 Å². The highest BCUT2D eigenvalue weighted by atomic mass is 16.5. The molecule has 5 nitrogen and oxygen atoms in total. The van der Waals surface area contributed by atoms with Crippen LogP contribution in [0.2, 0.25) is 0 Å². The highest BCUT2D eigenvalue weighted by molar-refractivity contribution is 5.95. The van der Waals surface area contributed by atoms with E-state index in [-0.39, 0.29) is 5.56 Å². The molecule has 0 aliphatic rings. The molecule has 104 valence electrons. The second kappa shape index (κ2) is 6.06. The summed E-state index contributed by atoms with van der Waals surface area (Å²) in [6.07, 6.45) is 1.35. The number of para-hydroxylation sites is 2. The van der Waals surface area contributed by atoms with E-state index in [1.807, 2.05) is 38.1 Å². The minimum Gasteiger partial charge on any atom is -0.492 e. The fourth-order valence-corrected chi connectivity index (χ4v) is 1.83. The summed E-state index contributed by atoms with van der Waals surface area (Å²) in [5.74, 6) is -0.338. The predicted octanol–water partition coefficient (Wildman–Crippen LogP) is 3.23. The molecule has 5 heteroatoms. The average molecular weight is 272 g/mol. The van der Waals surface area contributed by atoms with Crippen LogP contribution in [0.15, 0.2) is 36.5 Å². The fraction of sp³-hybridized carbons (Fsp3) is 0.200. The number of carboxylic acid groups (broad SMARTS) is 1. The molecule has 2 aromatic rings. The smallest absolute Gasteiger partial charge is 0.339 e. The Labute approximate surface area is 117 Å². The number of hydrogen-bond donors (Lipinski definition) is 2. The molecule has 0 atom stereocenters. The van der Waals surface area contributed by atoms with Gasteiger partial charge in [0.1, 0.15) is 11.3 Å². The third kappa shape index (κ3) is 3.06. The van der Waals surface area contributed by atoms with Gasteiger partial charge in [-0.2, -0.15) is 0 Å². The molecular weight excluding hydrogens is 256 g/mol. The molecule has 0 unspecified atom stereocenters. The standard InChI is InChI=1S/C15H16N2O3/c1-3-20-14-7-5-4-6-12(14)17-13-8-10(2)16-9-11(13)15(18)19/h4-9H,3H2,1-2H3,(H,16,17)(H,18,19). The van der Waals surface area contributed by atoms with Gasteiger partial charge in [0.2, 0.25) is 0 Å². The van der Waals surface area contributed by atoms with E-state index in [1.54, 1.807) is 6.07 Å². The van der Waals surface area contributed by atoms with Gasteiger partial charge in [-0.3, -0.25) is 4.98 Å². The van der Waals surface area contributed by atoms with Crippen LogP contribution in [0.25, 0.3) is 0 Å². The number of carbonyl (C=O) groups is 1. The van der Waals surface area contributed by atoms with Crippen LogP contribution in [0.3, 0.4) is 0 Å². The van der Waals surface area contributed by atoms with Crippen molar-refractivity contribution in [1.29, 1.82) is 0 Å². The van der Waals surface area contributed by atoms with Gasteiger partial charge in [0.25, 0.3) is 0 Å². The Balaban J connectivity index is 2.39. The Kier molecular flexibility index (Phi) is 4.20. The lowest BCUT2D eigenvalue weighted by Gasteiger charge is -2.14. The number of nitrogens with zero attached hydrogens (tertiary/aromatic N) is 1. The Morgan fingerprint density at radius 3 is 2.80 bits per heavy atom. The summed E-state index contributed by atoms with van der Waals surface area (Å²) >= 11 is 0. The number of hydrogen-bond acceptors (Lipinski definition) is 4. The van der Waals surface area contributed by atoms with Crippen molar-refractivity contribution >= 4 is 17.3 Å². The number of benzene rings is 1. The van der Waals surface area contributed by atoms with Crippen LogP contribution in [0.4, 0.5) is 11.4 Å². The van der Waals surface area contributed by atoms with Gasteiger partial charge < -0.3 is 15.2 Å². The zero-order chi connectivity index (χ0) is 14.5. The van der Waals surface area contributed by atoms with E-state index in [0.29, 0.717) is 18.0 Å². The van der Waals surface area contributed by atoms with Crippen molar-refractivity contribution in [3.63, 3.8) is 0 Å². The van der Waals surface area contributed by atoms with Crippen molar-refractivity contribution in [2.75, 3.05) is 11.9 Å². The van der Waals surface area contributed by atoms with Gasteiger partial charge in [-0.25, -0.2) is 4.79 Å². The van der Waals surface area contributed by atoms with Crippen LogP contribution >= 0.6 is 0 Å². The number of pyridine rings is 1. The number of nitrogens with one attached hydrogen (secondary N) is 1. The van der Waals surface area contributed by atoms with E-state index >= 15 is 0 Å². The lowest BCUT2D eigenvalue weighted by atomic mass is 10.2. The van der Waals surface area contributed by atoms with Crippen LogP contribution in [0.1, 0.15) is 23.0 Å². The number of rotatable bonds is 5. The summed E-state index contributed by atoms with van der Waals surface area (Å²) in [6.45, 7) is 4.25. The fourth-order valence-electron chi connectivity index (χ4n) is 1.83. The predicted molar refractivity (Wildman–Crippen MR) is 76.8 cm³/mol. The first-order valence-electron chi connectivity index (χ1n) is 6.30. The zero-order valence-corrected chi connectivity index (χ0v) is 11.4. The number of aromatic nitrogens is 1. The molecule has 20 heavy (non-hydrogen) atoms. The molecule has 1 heterocycles. The highest BCUT2D eigenvalue weighted by Crippen LogP contribution is 2.29. The van der Waals surface area contributed by atoms with Crippen molar-refractivity contribution in [3.05, 3.63) is 47.8 Å².